The molecule has 0 aliphatic carbocycles. The van der Waals surface area contributed by atoms with Crippen LogP contribution in [-0.4, -0.2) is 23.5 Å². The Kier molecular flexibility index (Phi) is 4.98. The Morgan fingerprint density at radius 1 is 1.35 bits per heavy atom. The lowest BCUT2D eigenvalue weighted by Crippen LogP contribution is -2.18. The highest BCUT2D eigenvalue weighted by Crippen LogP contribution is 2.23. The van der Waals surface area contributed by atoms with Crippen molar-refractivity contribution in [3.05, 3.63) is 39.8 Å². The van der Waals surface area contributed by atoms with Crippen molar-refractivity contribution in [2.45, 2.75) is 26.9 Å². The quantitative estimate of drug-likeness (QED) is 0.831. The lowest BCUT2D eigenvalue weighted by atomic mass is 10.1. The third-order valence-corrected chi connectivity index (χ3v) is 3.75. The van der Waals surface area contributed by atoms with E-state index in [4.69, 9.17) is 10.5 Å². The fraction of sp³-hybridized carbons (Fsp3) is 0.400. The molecule has 1 aromatic carbocycles. The number of benzene rings is 1. The molecule has 2 aromatic rings. The molecule has 0 amide bonds. The number of rotatable bonds is 6. The Balaban J connectivity index is 2.06. The number of nitrogens with zero attached hydrogens (tertiary/aromatic N) is 2. The molecule has 0 fully saturated rings. The van der Waals surface area contributed by atoms with Gasteiger partial charge in [-0.25, -0.2) is 4.98 Å². The summed E-state index contributed by atoms with van der Waals surface area (Å²) in [6.07, 6.45) is 0. The van der Waals surface area contributed by atoms with Crippen LogP contribution >= 0.6 is 11.3 Å². The molecule has 0 saturated carbocycles. The summed E-state index contributed by atoms with van der Waals surface area (Å²) >= 11 is 1.68. The van der Waals surface area contributed by atoms with Gasteiger partial charge in [-0.05, 0) is 39.1 Å². The molecule has 20 heavy (non-hydrogen) atoms. The van der Waals surface area contributed by atoms with E-state index in [0.29, 0.717) is 6.61 Å². The highest BCUT2D eigenvalue weighted by Gasteiger charge is 2.09. The third-order valence-electron chi connectivity index (χ3n) is 2.92. The van der Waals surface area contributed by atoms with E-state index in [1.165, 1.54) is 0 Å². The summed E-state index contributed by atoms with van der Waals surface area (Å²) in [6, 6.07) is 5.79. The highest BCUT2D eigenvalue weighted by molar-refractivity contribution is 7.09. The molecule has 0 radical (unpaired) electrons. The SMILES string of the molecule is CCOc1ccc(N)cc1CN(C)Cc1csc(C)n1. The summed E-state index contributed by atoms with van der Waals surface area (Å²) in [5, 5.41) is 3.21. The van der Waals surface area contributed by atoms with Gasteiger partial charge in [0.05, 0.1) is 17.3 Å². The van der Waals surface area contributed by atoms with Gasteiger partial charge in [-0.2, -0.15) is 0 Å². The fourth-order valence-electron chi connectivity index (χ4n) is 2.12. The van der Waals surface area contributed by atoms with Crippen molar-refractivity contribution >= 4 is 17.0 Å². The van der Waals surface area contributed by atoms with Gasteiger partial charge in [0, 0.05) is 29.7 Å². The van der Waals surface area contributed by atoms with Crippen molar-refractivity contribution in [2.24, 2.45) is 0 Å². The number of thiazole rings is 1. The van der Waals surface area contributed by atoms with E-state index in [9.17, 15) is 0 Å². The van der Waals surface area contributed by atoms with Crippen molar-refractivity contribution < 1.29 is 4.74 Å². The normalized spacial score (nSPS) is 11.0. The monoisotopic (exact) mass is 291 g/mol. The Labute approximate surface area is 124 Å². The molecule has 0 aliphatic heterocycles. The second-order valence-corrected chi connectivity index (χ2v) is 5.89. The van der Waals surface area contributed by atoms with Gasteiger partial charge in [-0.1, -0.05) is 0 Å². The standard InChI is InChI=1S/C15H21N3OS/c1-4-19-15-6-5-13(16)7-12(15)8-18(3)9-14-10-20-11(2)17-14/h5-7,10H,4,8-9,16H2,1-3H3. The largest absolute Gasteiger partial charge is 0.494 e. The molecule has 5 heteroatoms. The van der Waals surface area contributed by atoms with Gasteiger partial charge in [-0.3, -0.25) is 4.90 Å². The van der Waals surface area contributed by atoms with Crippen LogP contribution in [0, 0.1) is 6.92 Å². The number of anilines is 1. The van der Waals surface area contributed by atoms with E-state index < -0.39 is 0 Å². The van der Waals surface area contributed by atoms with Gasteiger partial charge in [0.15, 0.2) is 0 Å². The minimum Gasteiger partial charge on any atom is -0.494 e. The maximum absolute atomic E-state index is 5.87. The Bertz CT molecular complexity index is 568. The first kappa shape index (κ1) is 14.8. The molecule has 0 unspecified atom stereocenters. The van der Waals surface area contributed by atoms with E-state index in [-0.39, 0.29) is 0 Å². The summed E-state index contributed by atoms with van der Waals surface area (Å²) in [4.78, 5) is 6.70. The number of hydrogen-bond acceptors (Lipinski definition) is 5. The van der Waals surface area contributed by atoms with Gasteiger partial charge in [0.25, 0.3) is 0 Å². The Morgan fingerprint density at radius 3 is 2.80 bits per heavy atom. The number of nitrogen functional groups attached to an aromatic ring is 1. The second kappa shape index (κ2) is 6.72. The highest BCUT2D eigenvalue weighted by atomic mass is 32.1. The molecule has 0 aliphatic rings. The van der Waals surface area contributed by atoms with E-state index in [1.807, 2.05) is 32.0 Å². The van der Waals surface area contributed by atoms with Crippen molar-refractivity contribution in [3.8, 4) is 5.75 Å². The molecule has 2 N–H and O–H groups in total. The summed E-state index contributed by atoms with van der Waals surface area (Å²) < 4.78 is 5.65. The van der Waals surface area contributed by atoms with Crippen LogP contribution in [0.25, 0.3) is 0 Å². The van der Waals surface area contributed by atoms with Gasteiger partial charge < -0.3 is 10.5 Å². The van der Waals surface area contributed by atoms with Crippen molar-refractivity contribution in [1.82, 2.24) is 9.88 Å². The van der Waals surface area contributed by atoms with Crippen LogP contribution in [0.1, 0.15) is 23.2 Å². The molecule has 0 bridgehead atoms. The molecule has 1 heterocycles. The lowest BCUT2D eigenvalue weighted by molar-refractivity contribution is 0.296. The first-order valence-electron chi connectivity index (χ1n) is 6.69. The van der Waals surface area contributed by atoms with Crippen LogP contribution < -0.4 is 10.5 Å². The minimum absolute atomic E-state index is 0.659. The number of nitrogens with two attached hydrogens (primary N) is 1. The molecule has 1 aromatic heterocycles. The maximum Gasteiger partial charge on any atom is 0.123 e. The third kappa shape index (κ3) is 3.95. The van der Waals surface area contributed by atoms with E-state index in [1.54, 1.807) is 11.3 Å². The van der Waals surface area contributed by atoms with E-state index >= 15 is 0 Å². The summed E-state index contributed by atoms with van der Waals surface area (Å²) in [5.74, 6) is 0.906. The molecule has 4 nitrogen and oxygen atoms in total. The average molecular weight is 291 g/mol. The molecule has 0 saturated heterocycles. The first-order chi connectivity index (χ1) is 9.58. The Morgan fingerprint density at radius 2 is 2.15 bits per heavy atom. The van der Waals surface area contributed by atoms with Crippen LogP contribution in [-0.2, 0) is 13.1 Å². The zero-order valence-corrected chi connectivity index (χ0v) is 13.0. The molecule has 0 spiro atoms. The van der Waals surface area contributed by atoms with E-state index in [0.717, 1.165) is 40.8 Å². The lowest BCUT2D eigenvalue weighted by Gasteiger charge is -2.18. The van der Waals surface area contributed by atoms with Gasteiger partial charge in [0.2, 0.25) is 0 Å². The van der Waals surface area contributed by atoms with Gasteiger partial charge in [0.1, 0.15) is 5.75 Å². The zero-order valence-electron chi connectivity index (χ0n) is 12.2. The molecule has 108 valence electrons. The fourth-order valence-corrected chi connectivity index (χ4v) is 2.73. The van der Waals surface area contributed by atoms with Gasteiger partial charge >= 0.3 is 0 Å². The first-order valence-corrected chi connectivity index (χ1v) is 7.57. The minimum atomic E-state index is 0.659. The zero-order chi connectivity index (χ0) is 14.5. The summed E-state index contributed by atoms with van der Waals surface area (Å²) in [6.45, 7) is 6.29. The van der Waals surface area contributed by atoms with Gasteiger partial charge in [-0.15, -0.1) is 11.3 Å². The summed E-state index contributed by atoms with van der Waals surface area (Å²) in [7, 11) is 2.08. The van der Waals surface area contributed by atoms with Crippen LogP contribution in [0.5, 0.6) is 5.75 Å². The predicted molar refractivity (Wildman–Crippen MR) is 84.0 cm³/mol. The molecule has 0 atom stereocenters. The second-order valence-electron chi connectivity index (χ2n) is 4.83. The number of aromatic nitrogens is 1. The topological polar surface area (TPSA) is 51.4 Å². The molecular formula is C15H21N3OS. The summed E-state index contributed by atoms with van der Waals surface area (Å²) in [5.41, 5.74) is 8.86. The maximum atomic E-state index is 5.87. The number of aryl methyl sites for hydroxylation is 1. The van der Waals surface area contributed by atoms with Crippen molar-refractivity contribution in [2.75, 3.05) is 19.4 Å². The number of hydrogen-bond donors (Lipinski definition) is 1. The smallest absolute Gasteiger partial charge is 0.123 e. The predicted octanol–water partition coefficient (Wildman–Crippen LogP) is 3.06. The van der Waals surface area contributed by atoms with Crippen LogP contribution in [0.3, 0.4) is 0 Å². The van der Waals surface area contributed by atoms with Crippen LogP contribution in [0.2, 0.25) is 0 Å². The van der Waals surface area contributed by atoms with Crippen LogP contribution in [0.4, 0.5) is 5.69 Å². The Hall–Kier alpha value is -1.59. The number of ether oxygens (including phenoxy) is 1. The average Bonchev–Trinajstić information content (AvgIpc) is 2.78. The van der Waals surface area contributed by atoms with Crippen LogP contribution in [0.15, 0.2) is 23.6 Å². The van der Waals surface area contributed by atoms with E-state index in [2.05, 4.69) is 22.3 Å². The van der Waals surface area contributed by atoms with Crippen molar-refractivity contribution in [1.29, 1.82) is 0 Å². The molecular weight excluding hydrogens is 270 g/mol. The van der Waals surface area contributed by atoms with Crippen molar-refractivity contribution in [3.63, 3.8) is 0 Å². The molecule has 2 rings (SSSR count).